The van der Waals surface area contributed by atoms with Gasteiger partial charge in [0.2, 0.25) is 0 Å². The maximum absolute atomic E-state index is 13.5. The van der Waals surface area contributed by atoms with Crippen molar-refractivity contribution in [2.24, 2.45) is 0 Å². The van der Waals surface area contributed by atoms with Crippen LogP contribution in [0.15, 0.2) is 48.8 Å². The third kappa shape index (κ3) is 3.28. The number of nitrogens with zero attached hydrogens (tertiary/aromatic N) is 3. The zero-order chi connectivity index (χ0) is 19.8. The summed E-state index contributed by atoms with van der Waals surface area (Å²) in [4.78, 5) is 18.0. The summed E-state index contributed by atoms with van der Waals surface area (Å²) in [5, 5.41) is 3.46. The second kappa shape index (κ2) is 7.39. The van der Waals surface area contributed by atoms with Gasteiger partial charge in [0, 0.05) is 38.9 Å². The highest BCUT2D eigenvalue weighted by Gasteiger charge is 2.47. The molecule has 1 atom stereocenters. The zero-order valence-electron chi connectivity index (χ0n) is 17.1. The van der Waals surface area contributed by atoms with E-state index in [2.05, 4.69) is 52.1 Å². The van der Waals surface area contributed by atoms with Gasteiger partial charge in [-0.2, -0.15) is 0 Å². The van der Waals surface area contributed by atoms with Crippen molar-refractivity contribution in [3.8, 4) is 0 Å². The summed E-state index contributed by atoms with van der Waals surface area (Å²) in [6.45, 7) is 6.85. The van der Waals surface area contributed by atoms with E-state index < -0.39 is 0 Å². The molecule has 2 saturated heterocycles. The fourth-order valence-electron chi connectivity index (χ4n) is 5.20. The quantitative estimate of drug-likeness (QED) is 0.695. The first-order chi connectivity index (χ1) is 14.2. The number of hydrogen-bond donors (Lipinski definition) is 1. The number of carbonyl (C=O) groups is 1. The van der Waals surface area contributed by atoms with Crippen LogP contribution in [0.1, 0.15) is 40.7 Å². The molecule has 0 spiro atoms. The fourth-order valence-corrected chi connectivity index (χ4v) is 5.20. The predicted octanol–water partition coefficient (Wildman–Crippen LogP) is 3.51. The number of quaternary nitrogens is 1. The molecule has 3 heterocycles. The number of fused-ring (bicyclic) bond motifs is 1. The van der Waals surface area contributed by atoms with Crippen LogP contribution >= 0.6 is 0 Å². The van der Waals surface area contributed by atoms with Crippen LogP contribution in [0.2, 0.25) is 0 Å². The molecule has 3 aromatic rings. The molecule has 5 rings (SSSR count). The molecule has 2 aliphatic heterocycles. The molecule has 2 aromatic carbocycles. The topological polar surface area (TPSA) is 46.9 Å². The lowest BCUT2D eigenvalue weighted by Gasteiger charge is -2.36. The van der Waals surface area contributed by atoms with Crippen LogP contribution < -0.4 is 5.32 Å². The number of carbonyl (C=O) groups excluding carboxylic acids is 1. The first kappa shape index (κ1) is 18.5. The van der Waals surface area contributed by atoms with Gasteiger partial charge >= 0.3 is 5.91 Å². The average Bonchev–Trinajstić information content (AvgIpc) is 3.49. The first-order valence-corrected chi connectivity index (χ1v) is 10.8. The van der Waals surface area contributed by atoms with Gasteiger partial charge in [0.05, 0.1) is 36.0 Å². The fraction of sp³-hybridized carbons (Fsp3) is 0.417. The standard InChI is InChI=1S/C24H29N4O/c1-18-4-9-23-22(14-18)26-17-27(23)16-19-5-7-20(8-6-19)24(29)28(12-2-3-13-28)21-10-11-25-15-21/h4-9,14,17,21,25H,2-3,10-13,15-16H2,1H3/q+1. The smallest absolute Gasteiger partial charge is 0.326 e. The minimum absolute atomic E-state index is 0.311. The molecule has 150 valence electrons. The van der Waals surface area contributed by atoms with Crippen LogP contribution in [-0.4, -0.2) is 52.2 Å². The normalized spacial score (nSPS) is 21.1. The Bertz CT molecular complexity index is 1020. The van der Waals surface area contributed by atoms with Crippen molar-refractivity contribution in [3.05, 3.63) is 65.5 Å². The molecular formula is C24H29N4O+. The van der Waals surface area contributed by atoms with E-state index in [0.717, 1.165) is 68.6 Å². The second-order valence-electron chi connectivity index (χ2n) is 8.70. The molecule has 0 aliphatic carbocycles. The first-order valence-electron chi connectivity index (χ1n) is 10.8. The Labute approximate surface area is 171 Å². The van der Waals surface area contributed by atoms with Crippen LogP contribution in [0, 0.1) is 6.92 Å². The summed E-state index contributed by atoms with van der Waals surface area (Å²) >= 11 is 0. The summed E-state index contributed by atoms with van der Waals surface area (Å²) in [6.07, 6.45) is 5.33. The van der Waals surface area contributed by atoms with Gasteiger partial charge < -0.3 is 9.88 Å². The Morgan fingerprint density at radius 1 is 1.17 bits per heavy atom. The van der Waals surface area contributed by atoms with Crippen LogP contribution in [0.5, 0.6) is 0 Å². The summed E-state index contributed by atoms with van der Waals surface area (Å²) in [6, 6.07) is 15.1. The van der Waals surface area contributed by atoms with Crippen LogP contribution in [0.25, 0.3) is 11.0 Å². The maximum atomic E-state index is 13.5. The Morgan fingerprint density at radius 3 is 2.69 bits per heavy atom. The molecule has 0 radical (unpaired) electrons. The van der Waals surface area contributed by atoms with Crippen molar-refractivity contribution in [1.29, 1.82) is 0 Å². The van der Waals surface area contributed by atoms with E-state index >= 15 is 0 Å². The number of aromatic nitrogens is 2. The van der Waals surface area contributed by atoms with Gasteiger partial charge in [-0.3, -0.25) is 4.48 Å². The van der Waals surface area contributed by atoms with E-state index in [0.29, 0.717) is 16.4 Å². The molecule has 2 fully saturated rings. The van der Waals surface area contributed by atoms with Crippen molar-refractivity contribution >= 4 is 16.9 Å². The van der Waals surface area contributed by atoms with Gasteiger partial charge in [0.25, 0.3) is 0 Å². The number of likely N-dealkylation sites (tertiary alicyclic amines) is 1. The van der Waals surface area contributed by atoms with Crippen molar-refractivity contribution in [3.63, 3.8) is 0 Å². The zero-order valence-corrected chi connectivity index (χ0v) is 17.1. The van der Waals surface area contributed by atoms with E-state index in [9.17, 15) is 4.79 Å². The van der Waals surface area contributed by atoms with Crippen molar-refractivity contribution < 1.29 is 9.28 Å². The lowest BCUT2D eigenvalue weighted by Crippen LogP contribution is -2.58. The van der Waals surface area contributed by atoms with Gasteiger partial charge in [-0.1, -0.05) is 18.2 Å². The van der Waals surface area contributed by atoms with Crippen LogP contribution in [0.3, 0.4) is 0 Å². The van der Waals surface area contributed by atoms with Gasteiger partial charge in [-0.15, -0.1) is 0 Å². The molecule has 1 amide bonds. The highest BCUT2D eigenvalue weighted by Crippen LogP contribution is 2.30. The van der Waals surface area contributed by atoms with Gasteiger partial charge in [0.15, 0.2) is 0 Å². The number of nitrogens with one attached hydrogen (secondary N) is 1. The minimum Gasteiger partial charge on any atom is -0.326 e. The average molecular weight is 390 g/mol. The number of aryl methyl sites for hydroxylation is 1. The summed E-state index contributed by atoms with van der Waals surface area (Å²) in [5.41, 5.74) is 5.45. The highest BCUT2D eigenvalue weighted by atomic mass is 16.2. The number of benzene rings is 2. The minimum atomic E-state index is 0.311. The van der Waals surface area contributed by atoms with E-state index in [-0.39, 0.29) is 0 Å². The van der Waals surface area contributed by atoms with E-state index in [1.165, 1.54) is 11.1 Å². The van der Waals surface area contributed by atoms with Crippen molar-refractivity contribution in [1.82, 2.24) is 14.9 Å². The Kier molecular flexibility index (Phi) is 4.72. The highest BCUT2D eigenvalue weighted by molar-refractivity contribution is 5.89. The summed E-state index contributed by atoms with van der Waals surface area (Å²) in [5.74, 6) is 0.311. The van der Waals surface area contributed by atoms with Crippen LogP contribution in [-0.2, 0) is 6.54 Å². The maximum Gasteiger partial charge on any atom is 0.346 e. The number of imidazole rings is 1. The van der Waals surface area contributed by atoms with Crippen molar-refractivity contribution in [2.75, 3.05) is 26.2 Å². The lowest BCUT2D eigenvalue weighted by molar-refractivity contribution is -0.860. The largest absolute Gasteiger partial charge is 0.346 e. The second-order valence-corrected chi connectivity index (χ2v) is 8.70. The SMILES string of the molecule is Cc1ccc2c(c1)ncn2Cc1ccc(C(=O)[N+]2(C3CCNC3)CCCC2)cc1. The van der Waals surface area contributed by atoms with Gasteiger partial charge in [0.1, 0.15) is 6.04 Å². The predicted molar refractivity (Wildman–Crippen MR) is 115 cm³/mol. The van der Waals surface area contributed by atoms with Crippen molar-refractivity contribution in [2.45, 2.75) is 38.8 Å². The molecule has 2 aliphatic rings. The molecule has 0 saturated carbocycles. The molecular weight excluding hydrogens is 360 g/mol. The summed E-state index contributed by atoms with van der Waals surface area (Å²) < 4.78 is 2.82. The third-order valence-corrected chi connectivity index (χ3v) is 6.83. The number of amides is 1. The monoisotopic (exact) mass is 389 g/mol. The lowest BCUT2D eigenvalue weighted by atomic mass is 10.1. The Balaban J connectivity index is 1.37. The molecule has 5 nitrogen and oxygen atoms in total. The molecule has 29 heavy (non-hydrogen) atoms. The Hall–Kier alpha value is -2.50. The molecule has 5 heteroatoms. The summed E-state index contributed by atoms with van der Waals surface area (Å²) in [7, 11) is 0. The molecule has 1 aromatic heterocycles. The van der Waals surface area contributed by atoms with E-state index in [1.54, 1.807) is 0 Å². The Morgan fingerprint density at radius 2 is 1.97 bits per heavy atom. The molecule has 0 bridgehead atoms. The van der Waals surface area contributed by atoms with Crippen LogP contribution in [0.4, 0.5) is 0 Å². The number of rotatable bonds is 4. The van der Waals surface area contributed by atoms with E-state index in [1.807, 2.05) is 18.5 Å². The van der Waals surface area contributed by atoms with Gasteiger partial charge in [-0.25, -0.2) is 9.78 Å². The molecule has 1 unspecified atom stereocenters. The third-order valence-electron chi connectivity index (χ3n) is 6.83. The van der Waals surface area contributed by atoms with Gasteiger partial charge in [-0.05, 0) is 42.3 Å². The van der Waals surface area contributed by atoms with E-state index in [4.69, 9.17) is 0 Å². The number of hydrogen-bond acceptors (Lipinski definition) is 3. The molecule has 1 N–H and O–H groups in total.